The summed E-state index contributed by atoms with van der Waals surface area (Å²) in [7, 11) is 0. The Morgan fingerprint density at radius 3 is 2.33 bits per heavy atom. The summed E-state index contributed by atoms with van der Waals surface area (Å²) in [6, 6.07) is 19.3. The second-order valence-electron chi connectivity index (χ2n) is 8.07. The Bertz CT molecular complexity index is 1020. The van der Waals surface area contributed by atoms with Crippen molar-refractivity contribution in [1.82, 2.24) is 15.1 Å². The van der Waals surface area contributed by atoms with Gasteiger partial charge in [-0.3, -0.25) is 14.5 Å². The lowest BCUT2D eigenvalue weighted by Crippen LogP contribution is -2.52. The smallest absolute Gasteiger partial charge is 0.289 e. The van der Waals surface area contributed by atoms with E-state index in [2.05, 4.69) is 10.2 Å². The average molecular weight is 403 g/mol. The third-order valence-corrected chi connectivity index (χ3v) is 5.89. The Kier molecular flexibility index (Phi) is 5.01. The number of nitrogens with zero attached hydrogens (tertiary/aromatic N) is 2. The van der Waals surface area contributed by atoms with Gasteiger partial charge in [0.2, 0.25) is 5.91 Å². The normalized spacial score (nSPS) is 18.3. The first-order valence-corrected chi connectivity index (χ1v) is 10.6. The van der Waals surface area contributed by atoms with E-state index < -0.39 is 0 Å². The maximum atomic E-state index is 13.0. The Balaban J connectivity index is 1.29. The molecule has 0 bridgehead atoms. The maximum Gasteiger partial charge on any atom is 0.289 e. The molecule has 6 heteroatoms. The van der Waals surface area contributed by atoms with Gasteiger partial charge in [0.15, 0.2) is 5.76 Å². The quantitative estimate of drug-likeness (QED) is 0.711. The summed E-state index contributed by atoms with van der Waals surface area (Å²) < 4.78 is 5.75. The monoisotopic (exact) mass is 403 g/mol. The zero-order chi connectivity index (χ0) is 20.5. The number of hydrogen-bond acceptors (Lipinski definition) is 4. The minimum atomic E-state index is -0.324. The van der Waals surface area contributed by atoms with Crippen molar-refractivity contribution < 1.29 is 14.0 Å². The average Bonchev–Trinajstić information content (AvgIpc) is 3.48. The lowest BCUT2D eigenvalue weighted by Gasteiger charge is -2.38. The second kappa shape index (κ2) is 7.95. The van der Waals surface area contributed by atoms with Gasteiger partial charge in [-0.05, 0) is 30.5 Å². The van der Waals surface area contributed by atoms with Crippen molar-refractivity contribution >= 4 is 22.8 Å². The van der Waals surface area contributed by atoms with Gasteiger partial charge in [-0.2, -0.15) is 0 Å². The molecule has 30 heavy (non-hydrogen) atoms. The highest BCUT2D eigenvalue weighted by atomic mass is 16.3. The predicted octanol–water partition coefficient (Wildman–Crippen LogP) is 3.21. The Morgan fingerprint density at radius 2 is 1.63 bits per heavy atom. The molecule has 1 aromatic heterocycles. The van der Waals surface area contributed by atoms with E-state index in [0.717, 1.165) is 29.4 Å². The topological polar surface area (TPSA) is 65.8 Å². The fraction of sp³-hybridized carbons (Fsp3) is 0.333. The van der Waals surface area contributed by atoms with Gasteiger partial charge in [0.05, 0.1) is 0 Å². The maximum absolute atomic E-state index is 13.0. The van der Waals surface area contributed by atoms with Crippen molar-refractivity contribution in [3.05, 3.63) is 72.0 Å². The van der Waals surface area contributed by atoms with Crippen LogP contribution in [0.4, 0.5) is 0 Å². The molecule has 2 heterocycles. The molecule has 5 rings (SSSR count). The van der Waals surface area contributed by atoms with Gasteiger partial charge in [0, 0.05) is 37.6 Å². The summed E-state index contributed by atoms with van der Waals surface area (Å²) in [4.78, 5) is 29.9. The number of carbonyl (C=O) groups is 2. The van der Waals surface area contributed by atoms with Gasteiger partial charge in [0.25, 0.3) is 5.91 Å². The van der Waals surface area contributed by atoms with Crippen LogP contribution in [0.2, 0.25) is 0 Å². The molecule has 1 atom stereocenters. The second-order valence-corrected chi connectivity index (χ2v) is 8.07. The van der Waals surface area contributed by atoms with E-state index in [1.165, 1.54) is 0 Å². The van der Waals surface area contributed by atoms with Crippen molar-refractivity contribution in [2.45, 2.75) is 24.9 Å². The molecule has 3 aromatic rings. The number of nitrogens with one attached hydrogen (secondary N) is 1. The van der Waals surface area contributed by atoms with Crippen molar-refractivity contribution in [2.75, 3.05) is 26.2 Å². The first-order valence-electron chi connectivity index (χ1n) is 10.6. The Morgan fingerprint density at radius 1 is 0.933 bits per heavy atom. The Labute approximate surface area is 175 Å². The van der Waals surface area contributed by atoms with Crippen LogP contribution in [0.15, 0.2) is 65.1 Å². The highest BCUT2D eigenvalue weighted by molar-refractivity contribution is 5.96. The Hall–Kier alpha value is -3.12. The number of hydrogen-bond donors (Lipinski definition) is 1. The summed E-state index contributed by atoms with van der Waals surface area (Å²) in [6.45, 7) is 2.42. The molecular weight excluding hydrogens is 378 g/mol. The number of piperazine rings is 1. The molecule has 2 aromatic carbocycles. The van der Waals surface area contributed by atoms with Crippen molar-refractivity contribution in [1.29, 1.82) is 0 Å². The number of amides is 2. The van der Waals surface area contributed by atoms with Gasteiger partial charge in [0.1, 0.15) is 11.6 Å². The lowest BCUT2D eigenvalue weighted by molar-refractivity contribution is -0.127. The van der Waals surface area contributed by atoms with Crippen LogP contribution in [0.3, 0.4) is 0 Å². The van der Waals surface area contributed by atoms with Gasteiger partial charge in [-0.25, -0.2) is 0 Å². The third-order valence-electron chi connectivity index (χ3n) is 5.89. The molecule has 154 valence electrons. The fourth-order valence-corrected chi connectivity index (χ4v) is 4.10. The number of para-hydroxylation sites is 1. The molecule has 1 saturated carbocycles. The fourth-order valence-electron chi connectivity index (χ4n) is 4.10. The van der Waals surface area contributed by atoms with Crippen LogP contribution in [0.25, 0.3) is 11.0 Å². The summed E-state index contributed by atoms with van der Waals surface area (Å²) in [6.07, 6.45) is 2.13. The molecule has 0 spiro atoms. The van der Waals surface area contributed by atoms with E-state index in [9.17, 15) is 9.59 Å². The van der Waals surface area contributed by atoms with E-state index in [0.29, 0.717) is 38.0 Å². The van der Waals surface area contributed by atoms with Crippen LogP contribution in [0, 0.1) is 0 Å². The summed E-state index contributed by atoms with van der Waals surface area (Å²) in [5.41, 5.74) is 1.72. The van der Waals surface area contributed by atoms with Gasteiger partial charge in [-0.15, -0.1) is 0 Å². The highest BCUT2D eigenvalue weighted by Crippen LogP contribution is 2.27. The van der Waals surface area contributed by atoms with Crippen LogP contribution >= 0.6 is 0 Å². The number of furan rings is 1. The standard InChI is InChI=1S/C24H25N3O3/c28-23(25-19-10-11-19)22(17-6-2-1-3-7-17)26-12-14-27(15-13-26)24(29)21-16-18-8-4-5-9-20(18)30-21/h1-9,16,19,22H,10-15H2,(H,25,28). The van der Waals surface area contributed by atoms with Crippen LogP contribution in [-0.4, -0.2) is 53.8 Å². The lowest BCUT2D eigenvalue weighted by atomic mass is 10.0. The van der Waals surface area contributed by atoms with E-state index in [1.54, 1.807) is 6.07 Å². The van der Waals surface area contributed by atoms with Crippen LogP contribution < -0.4 is 5.32 Å². The number of rotatable bonds is 5. The summed E-state index contributed by atoms with van der Waals surface area (Å²) in [5.74, 6) is 0.334. The molecular formula is C24H25N3O3. The number of carbonyl (C=O) groups excluding carboxylic acids is 2. The van der Waals surface area contributed by atoms with E-state index in [-0.39, 0.29) is 17.9 Å². The molecule has 2 amide bonds. The predicted molar refractivity (Wildman–Crippen MR) is 114 cm³/mol. The largest absolute Gasteiger partial charge is 0.451 e. The summed E-state index contributed by atoms with van der Waals surface area (Å²) >= 11 is 0. The van der Waals surface area contributed by atoms with E-state index in [4.69, 9.17) is 4.42 Å². The van der Waals surface area contributed by atoms with E-state index >= 15 is 0 Å². The molecule has 1 unspecified atom stereocenters. The molecule has 2 fully saturated rings. The third kappa shape index (κ3) is 3.83. The first kappa shape index (κ1) is 18.9. The van der Waals surface area contributed by atoms with Crippen LogP contribution in [-0.2, 0) is 4.79 Å². The van der Waals surface area contributed by atoms with Crippen molar-refractivity contribution in [2.24, 2.45) is 0 Å². The van der Waals surface area contributed by atoms with Crippen LogP contribution in [0.5, 0.6) is 0 Å². The van der Waals surface area contributed by atoms with Crippen molar-refractivity contribution in [3.8, 4) is 0 Å². The van der Waals surface area contributed by atoms with Crippen LogP contribution in [0.1, 0.15) is 35.0 Å². The first-order chi connectivity index (χ1) is 14.7. The minimum Gasteiger partial charge on any atom is -0.451 e. The molecule has 1 aliphatic heterocycles. The minimum absolute atomic E-state index is 0.0563. The molecule has 1 aliphatic carbocycles. The zero-order valence-electron chi connectivity index (χ0n) is 16.8. The molecule has 0 radical (unpaired) electrons. The summed E-state index contributed by atoms with van der Waals surface area (Å²) in [5, 5.41) is 4.08. The van der Waals surface area contributed by atoms with Gasteiger partial charge < -0.3 is 14.6 Å². The highest BCUT2D eigenvalue weighted by Gasteiger charge is 2.34. The molecule has 1 saturated heterocycles. The molecule has 1 N–H and O–H groups in total. The number of benzene rings is 2. The van der Waals surface area contributed by atoms with E-state index in [1.807, 2.05) is 59.5 Å². The zero-order valence-corrected chi connectivity index (χ0v) is 16.8. The molecule has 2 aliphatic rings. The number of fused-ring (bicyclic) bond motifs is 1. The van der Waals surface area contributed by atoms with Gasteiger partial charge in [-0.1, -0.05) is 48.5 Å². The van der Waals surface area contributed by atoms with Crippen molar-refractivity contribution in [3.63, 3.8) is 0 Å². The molecule has 6 nitrogen and oxygen atoms in total. The van der Waals surface area contributed by atoms with Gasteiger partial charge >= 0.3 is 0 Å². The SMILES string of the molecule is O=C(NC1CC1)C(c1ccccc1)N1CCN(C(=O)c2cc3ccccc3o2)CC1.